The maximum absolute atomic E-state index is 12.7. The summed E-state index contributed by atoms with van der Waals surface area (Å²) in [5, 5.41) is 12.5. The van der Waals surface area contributed by atoms with Gasteiger partial charge in [-0.25, -0.2) is 0 Å². The Kier molecular flexibility index (Phi) is 4.39. The van der Waals surface area contributed by atoms with Crippen molar-refractivity contribution >= 4 is 17.3 Å². The average molecular weight is 296 g/mol. The number of nitrogens with one attached hydrogen (secondary N) is 1. The second-order valence-electron chi connectivity index (χ2n) is 5.52. The van der Waals surface area contributed by atoms with Crippen LogP contribution in [0.25, 0.3) is 0 Å². The third-order valence-corrected chi connectivity index (χ3v) is 3.96. The number of carbonyl (C=O) groups excluding carboxylic acids is 1. The van der Waals surface area contributed by atoms with Gasteiger partial charge in [-0.05, 0) is 42.7 Å². The number of aliphatic hydroxyl groups is 1. The fourth-order valence-corrected chi connectivity index (χ4v) is 2.83. The van der Waals surface area contributed by atoms with Crippen LogP contribution in [0.2, 0.25) is 0 Å². The molecule has 114 valence electrons. The largest absolute Gasteiger partial charge is 0.392 e. The highest BCUT2D eigenvalue weighted by atomic mass is 16.3. The van der Waals surface area contributed by atoms with Gasteiger partial charge in [0.15, 0.2) is 0 Å². The molecular formula is C18H20N2O2. The van der Waals surface area contributed by atoms with Gasteiger partial charge < -0.3 is 15.3 Å². The molecule has 1 saturated heterocycles. The van der Waals surface area contributed by atoms with E-state index >= 15 is 0 Å². The minimum Gasteiger partial charge on any atom is -0.392 e. The topological polar surface area (TPSA) is 52.6 Å². The van der Waals surface area contributed by atoms with Crippen LogP contribution in [0.4, 0.5) is 11.4 Å². The summed E-state index contributed by atoms with van der Waals surface area (Å²) in [7, 11) is 0. The van der Waals surface area contributed by atoms with Crippen molar-refractivity contribution in [1.82, 2.24) is 0 Å². The third kappa shape index (κ3) is 3.12. The number of carbonyl (C=O) groups is 1. The normalized spacial score (nSPS) is 18.3. The molecule has 0 spiro atoms. The quantitative estimate of drug-likeness (QED) is 0.912. The van der Waals surface area contributed by atoms with E-state index in [1.54, 1.807) is 0 Å². The molecule has 0 bridgehead atoms. The summed E-state index contributed by atoms with van der Waals surface area (Å²) in [4.78, 5) is 14.5. The van der Waals surface area contributed by atoms with Crippen molar-refractivity contribution in [2.75, 3.05) is 16.8 Å². The fourth-order valence-electron chi connectivity index (χ4n) is 2.83. The summed E-state index contributed by atoms with van der Waals surface area (Å²) in [5.74, 6) is 0.104. The van der Waals surface area contributed by atoms with Gasteiger partial charge in [0.2, 0.25) is 5.91 Å². The highest BCUT2D eigenvalue weighted by molar-refractivity contribution is 5.99. The predicted octanol–water partition coefficient (Wildman–Crippen LogP) is 2.79. The minimum atomic E-state index is -0.220. The van der Waals surface area contributed by atoms with Gasteiger partial charge in [-0.15, -0.1) is 0 Å². The molecule has 1 atom stereocenters. The summed E-state index contributed by atoms with van der Waals surface area (Å²) < 4.78 is 0. The number of para-hydroxylation sites is 1. The van der Waals surface area contributed by atoms with Gasteiger partial charge in [0.1, 0.15) is 6.04 Å². The second kappa shape index (κ2) is 6.62. The number of piperidine rings is 1. The monoisotopic (exact) mass is 296 g/mol. The molecule has 2 aromatic carbocycles. The molecule has 0 unspecified atom stereocenters. The first-order valence-electron chi connectivity index (χ1n) is 7.60. The summed E-state index contributed by atoms with van der Waals surface area (Å²) in [6, 6.07) is 17.1. The first-order chi connectivity index (χ1) is 10.8. The van der Waals surface area contributed by atoms with Gasteiger partial charge in [-0.2, -0.15) is 0 Å². The Bertz CT molecular complexity index is 643. The molecule has 0 radical (unpaired) electrons. The number of nitrogens with zero attached hydrogens (tertiary/aromatic N) is 1. The van der Waals surface area contributed by atoms with Crippen molar-refractivity contribution in [3.8, 4) is 0 Å². The highest BCUT2D eigenvalue weighted by Gasteiger charge is 2.29. The smallest absolute Gasteiger partial charge is 0.249 e. The van der Waals surface area contributed by atoms with Crippen molar-refractivity contribution in [2.45, 2.75) is 25.5 Å². The van der Waals surface area contributed by atoms with E-state index in [1.807, 2.05) is 59.5 Å². The molecule has 2 N–H and O–H groups in total. The zero-order valence-electron chi connectivity index (χ0n) is 12.4. The van der Waals surface area contributed by atoms with Gasteiger partial charge in [-0.1, -0.05) is 30.3 Å². The van der Waals surface area contributed by atoms with E-state index in [4.69, 9.17) is 0 Å². The van der Waals surface area contributed by atoms with Crippen LogP contribution in [0.15, 0.2) is 54.6 Å². The molecule has 0 aliphatic carbocycles. The predicted molar refractivity (Wildman–Crippen MR) is 87.8 cm³/mol. The lowest BCUT2D eigenvalue weighted by Gasteiger charge is -2.33. The number of anilines is 2. The standard InChI is InChI=1S/C18H20N2O2/c21-13-14-6-4-7-15(12-14)19-17-10-5-11-20(18(17)22)16-8-2-1-3-9-16/h1-4,6-9,12,17,19,21H,5,10-11,13H2/t17-/m0/s1. The van der Waals surface area contributed by atoms with Crippen molar-refractivity contribution in [1.29, 1.82) is 0 Å². The van der Waals surface area contributed by atoms with E-state index in [9.17, 15) is 9.90 Å². The molecule has 22 heavy (non-hydrogen) atoms. The van der Waals surface area contributed by atoms with E-state index in [0.29, 0.717) is 0 Å². The molecule has 1 heterocycles. The van der Waals surface area contributed by atoms with Gasteiger partial charge in [0.05, 0.1) is 6.61 Å². The first kappa shape index (κ1) is 14.6. The Morgan fingerprint density at radius 1 is 1.14 bits per heavy atom. The van der Waals surface area contributed by atoms with Gasteiger partial charge in [0.25, 0.3) is 0 Å². The van der Waals surface area contributed by atoms with E-state index < -0.39 is 0 Å². The van der Waals surface area contributed by atoms with Crippen LogP contribution in [-0.4, -0.2) is 23.6 Å². The van der Waals surface area contributed by atoms with Crippen LogP contribution in [-0.2, 0) is 11.4 Å². The highest BCUT2D eigenvalue weighted by Crippen LogP contribution is 2.23. The molecule has 1 aliphatic rings. The van der Waals surface area contributed by atoms with Crippen LogP contribution < -0.4 is 10.2 Å². The summed E-state index contributed by atoms with van der Waals surface area (Å²) in [6.07, 6.45) is 1.80. The lowest BCUT2D eigenvalue weighted by Crippen LogP contribution is -2.47. The Morgan fingerprint density at radius 3 is 2.73 bits per heavy atom. The van der Waals surface area contributed by atoms with Gasteiger partial charge in [0, 0.05) is 17.9 Å². The molecule has 1 aliphatic heterocycles. The van der Waals surface area contributed by atoms with E-state index in [-0.39, 0.29) is 18.6 Å². The average Bonchev–Trinajstić information content (AvgIpc) is 2.58. The van der Waals surface area contributed by atoms with Crippen LogP contribution in [0, 0.1) is 0 Å². The Hall–Kier alpha value is -2.33. The molecule has 0 aromatic heterocycles. The zero-order valence-corrected chi connectivity index (χ0v) is 12.4. The van der Waals surface area contributed by atoms with Gasteiger partial charge >= 0.3 is 0 Å². The van der Waals surface area contributed by atoms with Crippen molar-refractivity contribution in [2.24, 2.45) is 0 Å². The van der Waals surface area contributed by atoms with E-state index in [2.05, 4.69) is 5.32 Å². The number of amides is 1. The molecule has 4 nitrogen and oxygen atoms in total. The van der Waals surface area contributed by atoms with E-state index in [0.717, 1.165) is 36.3 Å². The number of hydrogen-bond acceptors (Lipinski definition) is 3. The Labute approximate surface area is 130 Å². The molecule has 4 heteroatoms. The second-order valence-corrected chi connectivity index (χ2v) is 5.52. The van der Waals surface area contributed by atoms with Crippen molar-refractivity contribution < 1.29 is 9.90 Å². The van der Waals surface area contributed by atoms with Crippen LogP contribution in [0.3, 0.4) is 0 Å². The molecule has 3 rings (SSSR count). The first-order valence-corrected chi connectivity index (χ1v) is 7.60. The molecule has 1 fully saturated rings. The van der Waals surface area contributed by atoms with Crippen LogP contribution in [0.1, 0.15) is 18.4 Å². The Morgan fingerprint density at radius 2 is 1.95 bits per heavy atom. The van der Waals surface area contributed by atoms with Crippen LogP contribution in [0.5, 0.6) is 0 Å². The number of aliphatic hydroxyl groups excluding tert-OH is 1. The minimum absolute atomic E-state index is 0.00424. The molecular weight excluding hydrogens is 276 g/mol. The fraction of sp³-hybridized carbons (Fsp3) is 0.278. The molecule has 1 amide bonds. The van der Waals surface area contributed by atoms with E-state index in [1.165, 1.54) is 0 Å². The zero-order chi connectivity index (χ0) is 15.4. The van der Waals surface area contributed by atoms with Crippen molar-refractivity contribution in [3.63, 3.8) is 0 Å². The summed E-state index contributed by atoms with van der Waals surface area (Å²) in [5.41, 5.74) is 2.66. The third-order valence-electron chi connectivity index (χ3n) is 3.96. The lowest BCUT2D eigenvalue weighted by atomic mass is 10.0. The molecule has 0 saturated carbocycles. The number of benzene rings is 2. The number of rotatable bonds is 4. The van der Waals surface area contributed by atoms with Crippen LogP contribution >= 0.6 is 0 Å². The summed E-state index contributed by atoms with van der Waals surface area (Å²) in [6.45, 7) is 0.766. The maximum Gasteiger partial charge on any atom is 0.249 e. The maximum atomic E-state index is 12.7. The Balaban J connectivity index is 1.75. The molecule has 2 aromatic rings. The number of hydrogen-bond donors (Lipinski definition) is 2. The summed E-state index contributed by atoms with van der Waals surface area (Å²) >= 11 is 0. The lowest BCUT2D eigenvalue weighted by molar-refractivity contribution is -0.120. The van der Waals surface area contributed by atoms with Crippen molar-refractivity contribution in [3.05, 3.63) is 60.2 Å². The SMILES string of the molecule is O=C1[C@@H](Nc2cccc(CO)c2)CCCN1c1ccccc1. The van der Waals surface area contributed by atoms with Gasteiger partial charge in [-0.3, -0.25) is 4.79 Å².